The van der Waals surface area contributed by atoms with E-state index in [2.05, 4.69) is 27.6 Å². The second kappa shape index (κ2) is 6.22. The number of rotatable bonds is 4. The van der Waals surface area contributed by atoms with Gasteiger partial charge in [-0.1, -0.05) is 31.4 Å². The van der Waals surface area contributed by atoms with Crippen LogP contribution in [0.3, 0.4) is 0 Å². The summed E-state index contributed by atoms with van der Waals surface area (Å²) < 4.78 is 27.8. The standard InChI is InChI=1S/C13H18BrClN2O2S/c1-8-3-2-4-9(8)7-17-20(18,19)12-6-10(15)5-11(16)13(12)14/h5-6,8-9,17H,2-4,7,16H2,1H3. The van der Waals surface area contributed by atoms with Gasteiger partial charge in [-0.05, 0) is 46.3 Å². The van der Waals surface area contributed by atoms with Gasteiger partial charge in [-0.2, -0.15) is 0 Å². The van der Waals surface area contributed by atoms with Gasteiger partial charge in [0.1, 0.15) is 0 Å². The molecule has 2 rings (SSSR count). The largest absolute Gasteiger partial charge is 0.398 e. The maximum absolute atomic E-state index is 12.4. The highest BCUT2D eigenvalue weighted by atomic mass is 79.9. The summed E-state index contributed by atoms with van der Waals surface area (Å²) in [6, 6.07) is 2.92. The second-order valence-electron chi connectivity index (χ2n) is 5.33. The molecule has 0 heterocycles. The van der Waals surface area contributed by atoms with Crippen molar-refractivity contribution in [1.82, 2.24) is 4.72 Å². The average molecular weight is 382 g/mol. The molecule has 1 aromatic carbocycles. The molecule has 0 bridgehead atoms. The number of nitrogens with two attached hydrogens (primary N) is 1. The van der Waals surface area contributed by atoms with Gasteiger partial charge in [0, 0.05) is 17.3 Å². The van der Waals surface area contributed by atoms with Crippen LogP contribution in [0.25, 0.3) is 0 Å². The molecule has 0 aliphatic heterocycles. The fourth-order valence-corrected chi connectivity index (χ4v) is 4.98. The Morgan fingerprint density at radius 2 is 2.15 bits per heavy atom. The zero-order valence-electron chi connectivity index (χ0n) is 11.2. The Bertz CT molecular complexity index is 607. The lowest BCUT2D eigenvalue weighted by atomic mass is 9.99. The van der Waals surface area contributed by atoms with Crippen LogP contribution in [0.2, 0.25) is 5.02 Å². The zero-order chi connectivity index (χ0) is 14.9. The van der Waals surface area contributed by atoms with Crippen molar-refractivity contribution in [2.24, 2.45) is 11.8 Å². The molecule has 0 saturated heterocycles. The summed E-state index contributed by atoms with van der Waals surface area (Å²) in [5, 5.41) is 0.306. The molecule has 3 N–H and O–H groups in total. The molecule has 1 aliphatic rings. The molecule has 4 nitrogen and oxygen atoms in total. The molecule has 1 aromatic rings. The van der Waals surface area contributed by atoms with Crippen LogP contribution in [0, 0.1) is 11.8 Å². The molecule has 0 spiro atoms. The molecule has 0 radical (unpaired) electrons. The third kappa shape index (κ3) is 3.47. The zero-order valence-corrected chi connectivity index (χ0v) is 14.4. The van der Waals surface area contributed by atoms with Crippen molar-refractivity contribution in [1.29, 1.82) is 0 Å². The fraction of sp³-hybridized carbons (Fsp3) is 0.538. The molecule has 0 amide bonds. The molecular formula is C13H18BrClN2O2S. The minimum absolute atomic E-state index is 0.0909. The van der Waals surface area contributed by atoms with Crippen LogP contribution in [0.15, 0.2) is 21.5 Å². The number of sulfonamides is 1. The lowest BCUT2D eigenvalue weighted by Gasteiger charge is -2.17. The first-order valence-corrected chi connectivity index (χ1v) is 9.21. The van der Waals surface area contributed by atoms with Crippen molar-refractivity contribution >= 4 is 43.2 Å². The fourth-order valence-electron chi connectivity index (χ4n) is 2.60. The molecule has 0 aromatic heterocycles. The number of anilines is 1. The van der Waals surface area contributed by atoms with Gasteiger partial charge >= 0.3 is 0 Å². The molecule has 1 saturated carbocycles. The van der Waals surface area contributed by atoms with Gasteiger partial charge in [0.25, 0.3) is 0 Å². The van der Waals surface area contributed by atoms with E-state index in [4.69, 9.17) is 17.3 Å². The molecule has 1 aliphatic carbocycles. The van der Waals surface area contributed by atoms with E-state index in [0.717, 1.165) is 6.42 Å². The van der Waals surface area contributed by atoms with E-state index in [9.17, 15) is 8.42 Å². The highest BCUT2D eigenvalue weighted by Gasteiger charge is 2.26. The van der Waals surface area contributed by atoms with Crippen molar-refractivity contribution in [3.05, 3.63) is 21.6 Å². The quantitative estimate of drug-likeness (QED) is 0.785. The maximum Gasteiger partial charge on any atom is 0.241 e. The Balaban J connectivity index is 2.18. The summed E-state index contributed by atoms with van der Waals surface area (Å²) in [6.07, 6.45) is 3.41. The summed E-state index contributed by atoms with van der Waals surface area (Å²) in [6.45, 7) is 2.63. The van der Waals surface area contributed by atoms with Crippen LogP contribution >= 0.6 is 27.5 Å². The van der Waals surface area contributed by atoms with Gasteiger partial charge in [0.15, 0.2) is 0 Å². The summed E-state index contributed by atoms with van der Waals surface area (Å²) in [5.41, 5.74) is 6.05. The van der Waals surface area contributed by atoms with E-state index < -0.39 is 10.0 Å². The number of benzene rings is 1. The third-order valence-electron chi connectivity index (χ3n) is 3.90. The first kappa shape index (κ1) is 16.1. The first-order chi connectivity index (χ1) is 9.31. The van der Waals surface area contributed by atoms with Crippen LogP contribution in [-0.4, -0.2) is 15.0 Å². The Morgan fingerprint density at radius 3 is 2.75 bits per heavy atom. The van der Waals surface area contributed by atoms with E-state index in [0.29, 0.717) is 33.6 Å². The molecular weight excluding hydrogens is 364 g/mol. The number of hydrogen-bond donors (Lipinski definition) is 2. The lowest BCUT2D eigenvalue weighted by Crippen LogP contribution is -2.30. The van der Waals surface area contributed by atoms with Crippen molar-refractivity contribution in [3.63, 3.8) is 0 Å². The van der Waals surface area contributed by atoms with Crippen LogP contribution < -0.4 is 10.5 Å². The minimum atomic E-state index is -3.61. The predicted octanol–water partition coefficient (Wildman–Crippen LogP) is 3.40. The third-order valence-corrected chi connectivity index (χ3v) is 6.71. The highest BCUT2D eigenvalue weighted by molar-refractivity contribution is 9.10. The normalized spacial score (nSPS) is 23.1. The average Bonchev–Trinajstić information content (AvgIpc) is 2.77. The van der Waals surface area contributed by atoms with Crippen molar-refractivity contribution < 1.29 is 8.42 Å². The minimum Gasteiger partial charge on any atom is -0.398 e. The molecule has 112 valence electrons. The number of halogens is 2. The molecule has 1 fully saturated rings. The highest BCUT2D eigenvalue weighted by Crippen LogP contribution is 2.33. The Kier molecular flexibility index (Phi) is 5.00. The lowest BCUT2D eigenvalue weighted by molar-refractivity contribution is 0.414. The first-order valence-electron chi connectivity index (χ1n) is 6.55. The summed E-state index contributed by atoms with van der Waals surface area (Å²) in [5.74, 6) is 0.964. The van der Waals surface area contributed by atoms with Crippen molar-refractivity contribution in [2.45, 2.75) is 31.1 Å². The molecule has 2 atom stereocenters. The van der Waals surface area contributed by atoms with E-state index in [1.807, 2.05) is 0 Å². The summed E-state index contributed by atoms with van der Waals surface area (Å²) in [7, 11) is -3.61. The van der Waals surface area contributed by atoms with Crippen molar-refractivity contribution in [2.75, 3.05) is 12.3 Å². The summed E-state index contributed by atoms with van der Waals surface area (Å²) in [4.78, 5) is 0.0909. The van der Waals surface area contributed by atoms with Crippen LogP contribution in [-0.2, 0) is 10.0 Å². The van der Waals surface area contributed by atoms with Crippen LogP contribution in [0.4, 0.5) is 5.69 Å². The molecule has 7 heteroatoms. The number of nitrogens with one attached hydrogen (secondary N) is 1. The van der Waals surface area contributed by atoms with Gasteiger partial charge in [0.05, 0.1) is 9.37 Å². The smallest absolute Gasteiger partial charge is 0.241 e. The molecule has 20 heavy (non-hydrogen) atoms. The van der Waals surface area contributed by atoms with E-state index >= 15 is 0 Å². The molecule has 2 unspecified atom stereocenters. The predicted molar refractivity (Wildman–Crippen MR) is 85.3 cm³/mol. The van der Waals surface area contributed by atoms with Gasteiger partial charge in [0.2, 0.25) is 10.0 Å². The van der Waals surface area contributed by atoms with Gasteiger partial charge < -0.3 is 5.73 Å². The number of nitrogen functional groups attached to an aromatic ring is 1. The number of hydrogen-bond acceptors (Lipinski definition) is 3. The van der Waals surface area contributed by atoms with Crippen molar-refractivity contribution in [3.8, 4) is 0 Å². The van der Waals surface area contributed by atoms with Gasteiger partial charge in [-0.15, -0.1) is 0 Å². The van der Waals surface area contributed by atoms with E-state index in [1.165, 1.54) is 25.0 Å². The van der Waals surface area contributed by atoms with Crippen LogP contribution in [0.1, 0.15) is 26.2 Å². The second-order valence-corrected chi connectivity index (χ2v) is 8.29. The van der Waals surface area contributed by atoms with Gasteiger partial charge in [-0.3, -0.25) is 0 Å². The maximum atomic E-state index is 12.4. The van der Waals surface area contributed by atoms with E-state index in [-0.39, 0.29) is 4.90 Å². The van der Waals surface area contributed by atoms with Gasteiger partial charge in [-0.25, -0.2) is 13.1 Å². The monoisotopic (exact) mass is 380 g/mol. The Labute approximate surface area is 133 Å². The van der Waals surface area contributed by atoms with E-state index in [1.54, 1.807) is 0 Å². The van der Waals surface area contributed by atoms with Crippen LogP contribution in [0.5, 0.6) is 0 Å². The Hall–Kier alpha value is -0.300. The summed E-state index contributed by atoms with van der Waals surface area (Å²) >= 11 is 9.10. The topological polar surface area (TPSA) is 72.2 Å². The SMILES string of the molecule is CC1CCCC1CNS(=O)(=O)c1cc(Cl)cc(N)c1Br. The Morgan fingerprint density at radius 1 is 1.45 bits per heavy atom.